The lowest BCUT2D eigenvalue weighted by Crippen LogP contribution is -2.47. The second-order valence-corrected chi connectivity index (χ2v) is 9.14. The Labute approximate surface area is 159 Å². The molecule has 1 aliphatic carbocycles. The first-order valence-electron chi connectivity index (χ1n) is 8.97. The van der Waals surface area contributed by atoms with Crippen LogP contribution >= 0.6 is 15.9 Å². The normalized spacial score (nSPS) is 19.2. The van der Waals surface area contributed by atoms with Gasteiger partial charge < -0.3 is 9.64 Å². The largest absolute Gasteiger partial charge is 0.444 e. The third-order valence-corrected chi connectivity index (χ3v) is 5.81. The summed E-state index contributed by atoms with van der Waals surface area (Å²) in [6, 6.07) is 1.82. The van der Waals surface area contributed by atoms with Crippen molar-refractivity contribution in [3.8, 4) is 0 Å². The first-order chi connectivity index (χ1) is 12.2. The summed E-state index contributed by atoms with van der Waals surface area (Å²) in [5.74, 6) is 0. The maximum absolute atomic E-state index is 13.1. The van der Waals surface area contributed by atoms with Crippen molar-refractivity contribution in [2.24, 2.45) is 0 Å². The molecule has 1 spiro atoms. The van der Waals surface area contributed by atoms with Gasteiger partial charge in [0, 0.05) is 30.1 Å². The van der Waals surface area contributed by atoms with Gasteiger partial charge in [-0.15, -0.1) is 0 Å². The number of nitrogens with one attached hydrogen (secondary N) is 1. The number of rotatable bonds is 0. The number of aryl methyl sites for hydroxylation is 1. The van der Waals surface area contributed by atoms with E-state index in [9.17, 15) is 9.59 Å². The van der Waals surface area contributed by atoms with E-state index in [0.29, 0.717) is 18.7 Å². The van der Waals surface area contributed by atoms with Crippen LogP contribution in [0.1, 0.15) is 51.3 Å². The molecular formula is C18H23BrN4O3. The molecule has 1 N–H and O–H groups in total. The van der Waals surface area contributed by atoms with Crippen molar-refractivity contribution < 1.29 is 9.53 Å². The van der Waals surface area contributed by atoms with Crippen molar-refractivity contribution in [3.63, 3.8) is 0 Å². The van der Waals surface area contributed by atoms with Crippen molar-refractivity contribution in [3.05, 3.63) is 32.3 Å². The molecule has 0 radical (unpaired) electrons. The first kappa shape index (κ1) is 17.6. The molecule has 0 unspecified atom stereocenters. The average molecular weight is 423 g/mol. The van der Waals surface area contributed by atoms with E-state index >= 15 is 0 Å². The number of aromatic amines is 1. The standard InChI is InChI=1S/C18H23BrN4O3/c1-17(2,3)26-16(25)22-8-6-18(7-9-22)5-4-11-14(18)15(24)23-13(20-11)10-12(19)21-23/h10,21H,4-9H2,1-3H3. The molecule has 2 aromatic rings. The van der Waals surface area contributed by atoms with Crippen LogP contribution < -0.4 is 5.56 Å². The molecule has 0 bridgehead atoms. The van der Waals surface area contributed by atoms with Gasteiger partial charge >= 0.3 is 6.09 Å². The first-order valence-corrected chi connectivity index (χ1v) is 9.76. The highest BCUT2D eigenvalue weighted by atomic mass is 79.9. The van der Waals surface area contributed by atoms with Crippen LogP contribution in [0.4, 0.5) is 4.79 Å². The van der Waals surface area contributed by atoms with E-state index in [4.69, 9.17) is 4.74 Å². The lowest BCUT2D eigenvalue weighted by atomic mass is 9.74. The second kappa shape index (κ2) is 5.84. The fourth-order valence-electron chi connectivity index (χ4n) is 4.18. The third kappa shape index (κ3) is 2.84. The third-order valence-electron chi connectivity index (χ3n) is 5.40. The van der Waals surface area contributed by atoms with E-state index in [0.717, 1.165) is 41.5 Å². The predicted molar refractivity (Wildman–Crippen MR) is 101 cm³/mol. The summed E-state index contributed by atoms with van der Waals surface area (Å²) in [5, 5.41) is 3.00. The SMILES string of the molecule is CC(C)(C)OC(=O)N1CCC2(CCc3nc4cc(Br)[nH]n4c(=O)c32)CC1. The summed E-state index contributed by atoms with van der Waals surface area (Å²) >= 11 is 3.37. The van der Waals surface area contributed by atoms with Gasteiger partial charge in [0.15, 0.2) is 5.65 Å². The lowest BCUT2D eigenvalue weighted by Gasteiger charge is -2.39. The molecule has 8 heteroatoms. The molecule has 1 saturated heterocycles. The van der Waals surface area contributed by atoms with Crippen molar-refractivity contribution in [2.75, 3.05) is 13.1 Å². The average Bonchev–Trinajstić information content (AvgIpc) is 3.08. The number of hydrogen-bond acceptors (Lipinski definition) is 4. The molecule has 3 heterocycles. The quantitative estimate of drug-likeness (QED) is 0.707. The van der Waals surface area contributed by atoms with Crippen LogP contribution in [-0.4, -0.2) is 44.3 Å². The highest BCUT2D eigenvalue weighted by Gasteiger charge is 2.45. The molecule has 0 aromatic carbocycles. The van der Waals surface area contributed by atoms with Gasteiger partial charge in [-0.1, -0.05) is 0 Å². The Balaban J connectivity index is 1.61. The van der Waals surface area contributed by atoms with E-state index in [1.807, 2.05) is 26.8 Å². The molecule has 1 fully saturated rings. The number of carbonyl (C=O) groups is 1. The van der Waals surface area contributed by atoms with Gasteiger partial charge in [-0.3, -0.25) is 9.89 Å². The topological polar surface area (TPSA) is 79.7 Å². The molecule has 1 amide bonds. The summed E-state index contributed by atoms with van der Waals surface area (Å²) in [7, 11) is 0. The summed E-state index contributed by atoms with van der Waals surface area (Å²) in [4.78, 5) is 31.8. The molecule has 1 aliphatic heterocycles. The van der Waals surface area contributed by atoms with E-state index in [-0.39, 0.29) is 17.1 Å². The predicted octanol–water partition coefficient (Wildman–Crippen LogP) is 3.00. The van der Waals surface area contributed by atoms with Gasteiger partial charge in [-0.05, 0) is 62.4 Å². The number of piperidine rings is 1. The number of hydrogen-bond donors (Lipinski definition) is 1. The van der Waals surface area contributed by atoms with E-state index in [1.165, 1.54) is 4.52 Å². The maximum atomic E-state index is 13.1. The van der Waals surface area contributed by atoms with Gasteiger partial charge in [-0.2, -0.15) is 0 Å². The number of halogens is 1. The van der Waals surface area contributed by atoms with Gasteiger partial charge in [-0.25, -0.2) is 14.3 Å². The van der Waals surface area contributed by atoms with Crippen molar-refractivity contribution in [1.29, 1.82) is 0 Å². The van der Waals surface area contributed by atoms with Crippen molar-refractivity contribution in [1.82, 2.24) is 19.5 Å². The summed E-state index contributed by atoms with van der Waals surface area (Å²) in [6.07, 6.45) is 3.00. The van der Waals surface area contributed by atoms with E-state index < -0.39 is 5.60 Å². The van der Waals surface area contributed by atoms with Crippen LogP contribution in [0.15, 0.2) is 15.5 Å². The van der Waals surface area contributed by atoms with Gasteiger partial charge in [0.2, 0.25) is 0 Å². The van der Waals surface area contributed by atoms with Crippen LogP contribution in [0.2, 0.25) is 0 Å². The molecule has 0 atom stereocenters. The number of fused-ring (bicyclic) bond motifs is 3. The molecule has 7 nitrogen and oxygen atoms in total. The Morgan fingerprint density at radius 1 is 1.31 bits per heavy atom. The Kier molecular flexibility index (Phi) is 3.95. The molecule has 2 aliphatic rings. The summed E-state index contributed by atoms with van der Waals surface area (Å²) < 4.78 is 7.73. The molecular weight excluding hydrogens is 400 g/mol. The molecule has 4 rings (SSSR count). The fraction of sp³-hybridized carbons (Fsp3) is 0.611. The number of carbonyl (C=O) groups excluding carboxylic acids is 1. The summed E-state index contributed by atoms with van der Waals surface area (Å²) in [5.41, 5.74) is 1.68. The number of nitrogens with zero attached hydrogens (tertiary/aromatic N) is 3. The number of likely N-dealkylation sites (tertiary alicyclic amines) is 1. The Morgan fingerprint density at radius 3 is 2.65 bits per heavy atom. The Hall–Kier alpha value is -1.83. The molecule has 140 valence electrons. The fourth-order valence-corrected chi connectivity index (χ4v) is 4.56. The smallest absolute Gasteiger partial charge is 0.410 e. The zero-order valence-corrected chi connectivity index (χ0v) is 16.9. The van der Waals surface area contributed by atoms with E-state index in [2.05, 4.69) is 26.0 Å². The minimum absolute atomic E-state index is 0.0149. The van der Waals surface area contributed by atoms with Crippen LogP contribution in [-0.2, 0) is 16.6 Å². The highest BCUT2D eigenvalue weighted by molar-refractivity contribution is 9.10. The van der Waals surface area contributed by atoms with E-state index in [1.54, 1.807) is 4.90 Å². The lowest BCUT2D eigenvalue weighted by molar-refractivity contribution is 0.0163. The number of aromatic nitrogens is 3. The second-order valence-electron chi connectivity index (χ2n) is 8.28. The Morgan fingerprint density at radius 2 is 2.00 bits per heavy atom. The van der Waals surface area contributed by atoms with Gasteiger partial charge in [0.1, 0.15) is 10.2 Å². The zero-order valence-electron chi connectivity index (χ0n) is 15.3. The summed E-state index contributed by atoms with van der Waals surface area (Å²) in [6.45, 7) is 6.82. The van der Waals surface area contributed by atoms with Crippen LogP contribution in [0.5, 0.6) is 0 Å². The van der Waals surface area contributed by atoms with Crippen molar-refractivity contribution in [2.45, 2.75) is 57.5 Å². The van der Waals surface area contributed by atoms with Crippen LogP contribution in [0.3, 0.4) is 0 Å². The van der Waals surface area contributed by atoms with Gasteiger partial charge in [0.05, 0.1) is 5.69 Å². The highest BCUT2D eigenvalue weighted by Crippen LogP contribution is 2.44. The number of amides is 1. The van der Waals surface area contributed by atoms with Gasteiger partial charge in [0.25, 0.3) is 5.56 Å². The Bertz CT molecular complexity index is 932. The minimum atomic E-state index is -0.498. The van der Waals surface area contributed by atoms with Crippen LogP contribution in [0, 0.1) is 0 Å². The molecule has 0 saturated carbocycles. The molecule has 2 aromatic heterocycles. The monoisotopic (exact) mass is 422 g/mol. The van der Waals surface area contributed by atoms with Crippen LogP contribution in [0.25, 0.3) is 5.65 Å². The number of H-pyrrole nitrogens is 1. The zero-order chi connectivity index (χ0) is 18.7. The maximum Gasteiger partial charge on any atom is 0.410 e. The minimum Gasteiger partial charge on any atom is -0.444 e. The number of ether oxygens (including phenoxy) is 1. The molecule has 26 heavy (non-hydrogen) atoms. The van der Waals surface area contributed by atoms with Crippen molar-refractivity contribution >= 4 is 27.7 Å².